The summed E-state index contributed by atoms with van der Waals surface area (Å²) in [6.07, 6.45) is 1.63. The molecular formula is C12H19N3O2. The third-order valence-electron chi connectivity index (χ3n) is 2.60. The molecule has 0 aromatic carbocycles. The molecule has 1 aromatic rings. The first-order chi connectivity index (χ1) is 7.73. The van der Waals surface area contributed by atoms with Crippen LogP contribution in [0.5, 0.6) is 0 Å². The van der Waals surface area contributed by atoms with Crippen molar-refractivity contribution in [2.45, 2.75) is 26.8 Å². The lowest BCUT2D eigenvalue weighted by Gasteiger charge is -2.25. The van der Waals surface area contributed by atoms with Crippen LogP contribution in [0.1, 0.15) is 20.8 Å². The van der Waals surface area contributed by atoms with E-state index in [2.05, 4.69) is 5.32 Å². The van der Waals surface area contributed by atoms with Crippen molar-refractivity contribution in [1.82, 2.24) is 4.57 Å². The van der Waals surface area contributed by atoms with Gasteiger partial charge in [0.1, 0.15) is 5.69 Å². The van der Waals surface area contributed by atoms with Crippen LogP contribution < -0.4 is 16.6 Å². The summed E-state index contributed by atoms with van der Waals surface area (Å²) in [7, 11) is 1.63. The molecule has 0 radical (unpaired) electrons. The first kappa shape index (κ1) is 13.4. The highest BCUT2D eigenvalue weighted by Crippen LogP contribution is 2.18. The second-order valence-corrected chi connectivity index (χ2v) is 5.17. The highest BCUT2D eigenvalue weighted by molar-refractivity contribution is 5.95. The van der Waals surface area contributed by atoms with Crippen molar-refractivity contribution in [2.75, 3.05) is 5.32 Å². The number of hydrogen-bond acceptors (Lipinski definition) is 3. The molecule has 17 heavy (non-hydrogen) atoms. The summed E-state index contributed by atoms with van der Waals surface area (Å²) in [6.45, 7) is 5.63. The predicted octanol–water partition coefficient (Wildman–Crippen LogP) is 0.697. The number of nitrogens with two attached hydrogens (primary N) is 1. The number of rotatable bonds is 2. The van der Waals surface area contributed by atoms with Gasteiger partial charge in [-0.3, -0.25) is 9.59 Å². The third-order valence-corrected chi connectivity index (χ3v) is 2.60. The van der Waals surface area contributed by atoms with Gasteiger partial charge in [0, 0.05) is 13.2 Å². The van der Waals surface area contributed by atoms with Gasteiger partial charge in [-0.05, 0) is 17.5 Å². The number of hydrogen-bond donors (Lipinski definition) is 2. The molecule has 3 N–H and O–H groups in total. The van der Waals surface area contributed by atoms with Crippen molar-refractivity contribution in [3.05, 3.63) is 28.7 Å². The van der Waals surface area contributed by atoms with Crippen molar-refractivity contribution in [3.8, 4) is 0 Å². The minimum Gasteiger partial charge on any atom is -0.320 e. The Balaban J connectivity index is 2.90. The molecule has 0 spiro atoms. The summed E-state index contributed by atoms with van der Waals surface area (Å²) in [5.74, 6) is -0.346. The number of pyridine rings is 1. The van der Waals surface area contributed by atoms with Crippen LogP contribution in [0.3, 0.4) is 0 Å². The standard InChI is InChI=1S/C12H19N3O2/c1-12(2,3)9(13)10(16)14-8-6-5-7-15(4)11(8)17/h5-7,9H,13H2,1-4H3,(H,14,16)/t9-/m1/s1. The molecule has 0 aliphatic carbocycles. The Morgan fingerprint density at radius 1 is 1.47 bits per heavy atom. The molecule has 1 aromatic heterocycles. The number of carbonyl (C=O) groups excluding carboxylic acids is 1. The Morgan fingerprint density at radius 3 is 2.59 bits per heavy atom. The van der Waals surface area contributed by atoms with Crippen LogP contribution in [0.2, 0.25) is 0 Å². The Kier molecular flexibility index (Phi) is 3.72. The molecule has 0 fully saturated rings. The lowest BCUT2D eigenvalue weighted by molar-refractivity contribution is -0.119. The molecule has 0 saturated carbocycles. The summed E-state index contributed by atoms with van der Waals surface area (Å²) in [4.78, 5) is 23.5. The van der Waals surface area contributed by atoms with Gasteiger partial charge in [0.15, 0.2) is 0 Å². The van der Waals surface area contributed by atoms with Crippen LogP contribution in [0.15, 0.2) is 23.1 Å². The number of anilines is 1. The van der Waals surface area contributed by atoms with E-state index in [1.807, 2.05) is 20.8 Å². The van der Waals surface area contributed by atoms with E-state index in [0.717, 1.165) is 0 Å². The van der Waals surface area contributed by atoms with Gasteiger partial charge in [-0.15, -0.1) is 0 Å². The topological polar surface area (TPSA) is 77.1 Å². The van der Waals surface area contributed by atoms with E-state index in [1.54, 1.807) is 25.4 Å². The van der Waals surface area contributed by atoms with Gasteiger partial charge in [-0.25, -0.2) is 0 Å². The van der Waals surface area contributed by atoms with Gasteiger partial charge in [0.05, 0.1) is 6.04 Å². The minimum atomic E-state index is -0.660. The first-order valence-corrected chi connectivity index (χ1v) is 5.45. The van der Waals surface area contributed by atoms with Gasteiger partial charge in [-0.2, -0.15) is 0 Å². The predicted molar refractivity (Wildman–Crippen MR) is 67.7 cm³/mol. The monoisotopic (exact) mass is 237 g/mol. The average Bonchev–Trinajstić information content (AvgIpc) is 2.22. The number of carbonyl (C=O) groups is 1. The molecule has 0 saturated heterocycles. The number of amides is 1. The molecule has 0 unspecified atom stereocenters. The Morgan fingerprint density at radius 2 is 2.06 bits per heavy atom. The summed E-state index contributed by atoms with van der Waals surface area (Å²) in [5, 5.41) is 2.56. The van der Waals surface area contributed by atoms with Crippen LogP contribution in [0, 0.1) is 5.41 Å². The van der Waals surface area contributed by atoms with Crippen molar-refractivity contribution in [2.24, 2.45) is 18.2 Å². The SMILES string of the molecule is Cn1cccc(NC(=O)[C@@H](N)C(C)(C)C)c1=O. The van der Waals surface area contributed by atoms with Crippen molar-refractivity contribution in [1.29, 1.82) is 0 Å². The highest BCUT2D eigenvalue weighted by atomic mass is 16.2. The van der Waals surface area contributed by atoms with E-state index in [-0.39, 0.29) is 22.6 Å². The van der Waals surface area contributed by atoms with E-state index in [9.17, 15) is 9.59 Å². The first-order valence-electron chi connectivity index (χ1n) is 5.45. The lowest BCUT2D eigenvalue weighted by Crippen LogP contribution is -2.46. The average molecular weight is 237 g/mol. The number of nitrogens with one attached hydrogen (secondary N) is 1. The number of aryl methyl sites for hydroxylation is 1. The molecule has 1 heterocycles. The van der Waals surface area contributed by atoms with Crippen molar-refractivity contribution in [3.63, 3.8) is 0 Å². The molecule has 1 atom stereocenters. The Bertz CT molecular complexity index is 471. The van der Waals surface area contributed by atoms with Gasteiger partial charge >= 0.3 is 0 Å². The largest absolute Gasteiger partial charge is 0.320 e. The summed E-state index contributed by atoms with van der Waals surface area (Å²) < 4.78 is 1.40. The second kappa shape index (κ2) is 4.71. The molecule has 1 amide bonds. The van der Waals surface area contributed by atoms with E-state index in [1.165, 1.54) is 4.57 Å². The van der Waals surface area contributed by atoms with Crippen LogP contribution in [0.25, 0.3) is 0 Å². The van der Waals surface area contributed by atoms with E-state index in [4.69, 9.17) is 5.73 Å². The van der Waals surface area contributed by atoms with Crippen molar-refractivity contribution >= 4 is 11.6 Å². The van der Waals surface area contributed by atoms with Crippen molar-refractivity contribution < 1.29 is 4.79 Å². The zero-order valence-electron chi connectivity index (χ0n) is 10.7. The third kappa shape index (κ3) is 3.17. The van der Waals surface area contributed by atoms with Gasteiger partial charge < -0.3 is 15.6 Å². The fraction of sp³-hybridized carbons (Fsp3) is 0.500. The van der Waals surface area contributed by atoms with Gasteiger partial charge in [0.2, 0.25) is 5.91 Å². The molecule has 0 aliphatic rings. The molecule has 5 nitrogen and oxygen atoms in total. The summed E-state index contributed by atoms with van der Waals surface area (Å²) >= 11 is 0. The molecule has 5 heteroatoms. The lowest BCUT2D eigenvalue weighted by atomic mass is 9.87. The van der Waals surface area contributed by atoms with E-state index < -0.39 is 6.04 Å². The molecule has 0 aliphatic heterocycles. The fourth-order valence-electron chi connectivity index (χ4n) is 1.30. The number of nitrogens with zero attached hydrogens (tertiary/aromatic N) is 1. The summed E-state index contributed by atoms with van der Waals surface area (Å²) in [5.41, 5.74) is 5.47. The summed E-state index contributed by atoms with van der Waals surface area (Å²) in [6, 6.07) is 2.60. The zero-order chi connectivity index (χ0) is 13.2. The van der Waals surface area contributed by atoms with Crippen LogP contribution in [0.4, 0.5) is 5.69 Å². The molecular weight excluding hydrogens is 218 g/mol. The number of aromatic nitrogens is 1. The van der Waals surface area contributed by atoms with Crippen LogP contribution in [-0.2, 0) is 11.8 Å². The molecule has 0 bridgehead atoms. The van der Waals surface area contributed by atoms with Gasteiger partial charge in [0.25, 0.3) is 5.56 Å². The van der Waals surface area contributed by atoms with Crippen LogP contribution in [-0.4, -0.2) is 16.5 Å². The fourth-order valence-corrected chi connectivity index (χ4v) is 1.30. The second-order valence-electron chi connectivity index (χ2n) is 5.17. The maximum Gasteiger partial charge on any atom is 0.274 e. The van der Waals surface area contributed by atoms with E-state index >= 15 is 0 Å². The highest BCUT2D eigenvalue weighted by Gasteiger charge is 2.27. The van der Waals surface area contributed by atoms with Crippen LogP contribution >= 0.6 is 0 Å². The quantitative estimate of drug-likeness (QED) is 0.794. The normalized spacial score (nSPS) is 13.2. The minimum absolute atomic E-state index is 0.248. The Labute approximate surface area is 101 Å². The molecule has 1 rings (SSSR count). The smallest absolute Gasteiger partial charge is 0.274 e. The van der Waals surface area contributed by atoms with E-state index in [0.29, 0.717) is 0 Å². The Hall–Kier alpha value is -1.62. The maximum absolute atomic E-state index is 11.8. The maximum atomic E-state index is 11.8. The molecule has 94 valence electrons. The zero-order valence-corrected chi connectivity index (χ0v) is 10.7. The van der Waals surface area contributed by atoms with Gasteiger partial charge in [-0.1, -0.05) is 20.8 Å².